The molecule has 0 aliphatic carbocycles. The van der Waals surface area contributed by atoms with Crippen molar-refractivity contribution >= 4 is 0 Å². The second-order valence-corrected chi connectivity index (χ2v) is 4.44. The Balaban J connectivity index is 3.15. The van der Waals surface area contributed by atoms with Crippen molar-refractivity contribution in [3.05, 3.63) is 23.8 Å². The summed E-state index contributed by atoms with van der Waals surface area (Å²) in [7, 11) is 0. The lowest BCUT2D eigenvalue weighted by molar-refractivity contribution is 0.693. The molecule has 1 nitrogen and oxygen atoms in total. The Hall–Kier alpha value is -1.03. The van der Waals surface area contributed by atoms with Crippen molar-refractivity contribution in [1.29, 1.82) is 5.26 Å². The van der Waals surface area contributed by atoms with Crippen LogP contribution in [-0.4, -0.2) is 0 Å². The fourth-order valence-corrected chi connectivity index (χ4v) is 1.51. The van der Waals surface area contributed by atoms with Crippen LogP contribution in [0.3, 0.4) is 0 Å². The van der Waals surface area contributed by atoms with Crippen LogP contribution in [0.25, 0.3) is 0 Å². The van der Waals surface area contributed by atoms with Gasteiger partial charge in [0, 0.05) is 6.42 Å². The molecule has 0 aliphatic heterocycles. The standard InChI is InChI=1S/C15H25N/c1-15(2)13-11-9-7-5-3-4-6-8-10-12-14-16/h4,6,13H,3,5,7-12H2,1-2H3/b6-4+. The highest BCUT2D eigenvalue weighted by molar-refractivity contribution is 4.92. The zero-order valence-corrected chi connectivity index (χ0v) is 10.8. The van der Waals surface area contributed by atoms with Crippen LogP contribution in [-0.2, 0) is 0 Å². The van der Waals surface area contributed by atoms with Gasteiger partial charge in [-0.2, -0.15) is 5.26 Å². The lowest BCUT2D eigenvalue weighted by Crippen LogP contribution is -1.76. The third-order valence-corrected chi connectivity index (χ3v) is 2.45. The van der Waals surface area contributed by atoms with E-state index in [0.717, 1.165) is 12.8 Å². The lowest BCUT2D eigenvalue weighted by Gasteiger charge is -1.96. The molecular weight excluding hydrogens is 194 g/mol. The Bertz CT molecular complexity index is 239. The second kappa shape index (κ2) is 12.0. The number of rotatable bonds is 9. The van der Waals surface area contributed by atoms with Crippen molar-refractivity contribution in [3.8, 4) is 6.07 Å². The van der Waals surface area contributed by atoms with Gasteiger partial charge in [0.15, 0.2) is 0 Å². The molecule has 0 heterocycles. The van der Waals surface area contributed by atoms with Crippen molar-refractivity contribution in [2.75, 3.05) is 0 Å². The van der Waals surface area contributed by atoms with Crippen LogP contribution < -0.4 is 0 Å². The van der Waals surface area contributed by atoms with Crippen molar-refractivity contribution in [3.63, 3.8) is 0 Å². The van der Waals surface area contributed by atoms with Gasteiger partial charge in [0.25, 0.3) is 0 Å². The predicted molar refractivity (Wildman–Crippen MR) is 71.1 cm³/mol. The highest BCUT2D eigenvalue weighted by Crippen LogP contribution is 2.06. The van der Waals surface area contributed by atoms with E-state index in [2.05, 4.69) is 38.1 Å². The highest BCUT2D eigenvalue weighted by Gasteiger charge is 1.87. The van der Waals surface area contributed by atoms with Crippen molar-refractivity contribution < 1.29 is 0 Å². The maximum atomic E-state index is 8.35. The predicted octanol–water partition coefficient (Wildman–Crippen LogP) is 5.15. The summed E-state index contributed by atoms with van der Waals surface area (Å²) >= 11 is 0. The maximum Gasteiger partial charge on any atom is 0.0621 e. The van der Waals surface area contributed by atoms with Crippen LogP contribution in [0, 0.1) is 11.3 Å². The smallest absolute Gasteiger partial charge is 0.0621 e. The summed E-state index contributed by atoms with van der Waals surface area (Å²) in [6, 6.07) is 2.16. The van der Waals surface area contributed by atoms with Gasteiger partial charge in [-0.25, -0.2) is 0 Å². The third kappa shape index (κ3) is 13.0. The molecule has 0 saturated heterocycles. The minimum absolute atomic E-state index is 0.688. The molecule has 0 amide bonds. The van der Waals surface area contributed by atoms with Gasteiger partial charge in [0.05, 0.1) is 6.07 Å². The van der Waals surface area contributed by atoms with Crippen LogP contribution in [0.5, 0.6) is 0 Å². The van der Waals surface area contributed by atoms with Gasteiger partial charge >= 0.3 is 0 Å². The molecule has 0 fully saturated rings. The van der Waals surface area contributed by atoms with E-state index in [1.54, 1.807) is 0 Å². The summed E-state index contributed by atoms with van der Waals surface area (Å²) in [5.74, 6) is 0. The van der Waals surface area contributed by atoms with E-state index in [0.29, 0.717) is 6.42 Å². The fraction of sp³-hybridized carbons (Fsp3) is 0.667. The molecule has 0 aromatic heterocycles. The maximum absolute atomic E-state index is 8.35. The summed E-state index contributed by atoms with van der Waals surface area (Å²) in [5.41, 5.74) is 1.43. The molecule has 0 aromatic carbocycles. The van der Waals surface area contributed by atoms with E-state index >= 15 is 0 Å². The minimum atomic E-state index is 0.688. The van der Waals surface area contributed by atoms with Gasteiger partial charge in [0.2, 0.25) is 0 Å². The molecule has 0 saturated carbocycles. The Kier molecular flexibility index (Phi) is 11.3. The Morgan fingerprint density at radius 1 is 0.938 bits per heavy atom. The third-order valence-electron chi connectivity index (χ3n) is 2.45. The first-order chi connectivity index (χ1) is 7.77. The van der Waals surface area contributed by atoms with E-state index in [9.17, 15) is 0 Å². The molecule has 0 rings (SSSR count). The molecule has 1 heteroatoms. The fourth-order valence-electron chi connectivity index (χ4n) is 1.51. The van der Waals surface area contributed by atoms with Crippen molar-refractivity contribution in [2.24, 2.45) is 0 Å². The van der Waals surface area contributed by atoms with Crippen LogP contribution in [0.1, 0.15) is 65.2 Å². The van der Waals surface area contributed by atoms with Gasteiger partial charge < -0.3 is 0 Å². The van der Waals surface area contributed by atoms with Gasteiger partial charge in [-0.15, -0.1) is 0 Å². The highest BCUT2D eigenvalue weighted by atomic mass is 14.2. The molecule has 0 aromatic rings. The molecule has 0 bridgehead atoms. The number of nitriles is 1. The molecule has 0 spiro atoms. The van der Waals surface area contributed by atoms with Gasteiger partial charge in [-0.05, 0) is 52.4 Å². The number of unbranched alkanes of at least 4 members (excludes halogenated alkanes) is 6. The lowest BCUT2D eigenvalue weighted by atomic mass is 10.1. The molecule has 90 valence electrons. The molecule has 0 aliphatic rings. The first-order valence-corrected chi connectivity index (χ1v) is 6.42. The minimum Gasteiger partial charge on any atom is -0.198 e. The summed E-state index contributed by atoms with van der Waals surface area (Å²) in [5, 5.41) is 8.35. The SMILES string of the molecule is CC(C)=CCCCCC/C=C/CCCC#N. The number of nitrogens with zero attached hydrogens (tertiary/aromatic N) is 1. The van der Waals surface area contributed by atoms with Crippen LogP contribution >= 0.6 is 0 Å². The number of hydrogen-bond donors (Lipinski definition) is 0. The molecule has 0 atom stereocenters. The molecule has 0 radical (unpaired) electrons. The first-order valence-electron chi connectivity index (χ1n) is 6.42. The number of hydrogen-bond acceptors (Lipinski definition) is 1. The quantitative estimate of drug-likeness (QED) is 0.388. The van der Waals surface area contributed by atoms with E-state index in [4.69, 9.17) is 5.26 Å². The van der Waals surface area contributed by atoms with Crippen LogP contribution in [0.2, 0.25) is 0 Å². The summed E-state index contributed by atoms with van der Waals surface area (Å²) in [6.45, 7) is 4.31. The average Bonchev–Trinajstić information content (AvgIpc) is 2.25. The summed E-state index contributed by atoms with van der Waals surface area (Å²) < 4.78 is 0. The van der Waals surface area contributed by atoms with Crippen molar-refractivity contribution in [2.45, 2.75) is 65.2 Å². The van der Waals surface area contributed by atoms with Crippen molar-refractivity contribution in [1.82, 2.24) is 0 Å². The van der Waals surface area contributed by atoms with E-state index in [1.807, 2.05) is 0 Å². The van der Waals surface area contributed by atoms with Gasteiger partial charge in [0.1, 0.15) is 0 Å². The largest absolute Gasteiger partial charge is 0.198 e. The number of allylic oxidation sites excluding steroid dienone is 4. The molecule has 0 unspecified atom stereocenters. The zero-order chi connectivity index (χ0) is 12.1. The van der Waals surface area contributed by atoms with Crippen LogP contribution in [0.4, 0.5) is 0 Å². The monoisotopic (exact) mass is 219 g/mol. The Morgan fingerprint density at radius 3 is 2.19 bits per heavy atom. The Morgan fingerprint density at radius 2 is 1.56 bits per heavy atom. The first kappa shape index (κ1) is 15.0. The van der Waals surface area contributed by atoms with Crippen LogP contribution in [0.15, 0.2) is 23.8 Å². The average molecular weight is 219 g/mol. The summed E-state index contributed by atoms with van der Waals surface area (Å²) in [6.07, 6.45) is 15.9. The van der Waals surface area contributed by atoms with E-state index in [-0.39, 0.29) is 0 Å². The summed E-state index contributed by atoms with van der Waals surface area (Å²) in [4.78, 5) is 0. The normalized spacial score (nSPS) is 10.3. The topological polar surface area (TPSA) is 23.8 Å². The van der Waals surface area contributed by atoms with E-state index in [1.165, 1.54) is 37.7 Å². The second-order valence-electron chi connectivity index (χ2n) is 4.44. The van der Waals surface area contributed by atoms with Gasteiger partial charge in [-0.1, -0.05) is 30.2 Å². The molecule has 0 N–H and O–H groups in total. The molecule has 16 heavy (non-hydrogen) atoms. The van der Waals surface area contributed by atoms with Gasteiger partial charge in [-0.3, -0.25) is 0 Å². The zero-order valence-electron chi connectivity index (χ0n) is 10.8. The Labute approximate surface area is 101 Å². The molecular formula is C15H25N. The van der Waals surface area contributed by atoms with E-state index < -0.39 is 0 Å².